The Morgan fingerprint density at radius 2 is 1.68 bits per heavy atom. The van der Waals surface area contributed by atoms with E-state index in [1.54, 1.807) is 6.92 Å². The lowest BCUT2D eigenvalue weighted by Crippen LogP contribution is -2.63. The minimum Gasteiger partial charge on any atom is -0.387 e. The van der Waals surface area contributed by atoms with Gasteiger partial charge in [0.05, 0.1) is 12.0 Å². The van der Waals surface area contributed by atoms with Gasteiger partial charge in [-0.25, -0.2) is 4.79 Å². The average molecular weight is 274 g/mol. The van der Waals surface area contributed by atoms with Gasteiger partial charge in [0.25, 0.3) is 0 Å². The molecule has 8 nitrogen and oxygen atoms in total. The maximum absolute atomic E-state index is 11.9. The molecule has 8 heteroatoms. The fourth-order valence-electron chi connectivity index (χ4n) is 2.72. The van der Waals surface area contributed by atoms with Gasteiger partial charge in [-0.3, -0.25) is 9.69 Å². The van der Waals surface area contributed by atoms with E-state index >= 15 is 0 Å². The third kappa shape index (κ3) is 2.00. The molecule has 2 rings (SSSR count). The summed E-state index contributed by atoms with van der Waals surface area (Å²) in [5.41, 5.74) is 0. The number of hydrogen-bond donors (Lipinski definition) is 3. The maximum Gasteiger partial charge on any atom is 0.326 e. The molecule has 19 heavy (non-hydrogen) atoms. The lowest BCUT2D eigenvalue weighted by atomic mass is 9.89. The first-order valence-corrected chi connectivity index (χ1v) is 6.01. The van der Waals surface area contributed by atoms with Gasteiger partial charge in [0.1, 0.15) is 18.3 Å². The van der Waals surface area contributed by atoms with Gasteiger partial charge in [0.15, 0.2) is 6.29 Å². The Morgan fingerprint density at radius 1 is 1.11 bits per heavy atom. The minimum absolute atomic E-state index is 0.389. The van der Waals surface area contributed by atoms with Gasteiger partial charge >= 0.3 is 6.03 Å². The van der Waals surface area contributed by atoms with Crippen molar-refractivity contribution in [3.8, 4) is 0 Å². The van der Waals surface area contributed by atoms with Gasteiger partial charge in [-0.05, 0) is 0 Å². The summed E-state index contributed by atoms with van der Waals surface area (Å²) in [4.78, 5) is 26.1. The van der Waals surface area contributed by atoms with Crippen LogP contribution in [0.15, 0.2) is 0 Å². The standard InChI is InChI=1S/C11H18N2O6/c1-4-5(8-6(14)7(15)10(17)19-8)12(2)11(18)13(3)9(4)16/h4-8,10,14-15,17H,1-3H3/t4?,5?,6-,7?,8-,10-/m1/s1. The summed E-state index contributed by atoms with van der Waals surface area (Å²) in [6.45, 7) is 1.61. The number of urea groups is 1. The molecular formula is C11H18N2O6. The first-order chi connectivity index (χ1) is 8.77. The second-order valence-corrected chi connectivity index (χ2v) is 5.04. The van der Waals surface area contributed by atoms with Crippen LogP contribution >= 0.6 is 0 Å². The molecule has 3 amide bonds. The molecule has 0 spiro atoms. The highest BCUT2D eigenvalue weighted by Gasteiger charge is 2.53. The van der Waals surface area contributed by atoms with Gasteiger partial charge in [-0.2, -0.15) is 0 Å². The lowest BCUT2D eigenvalue weighted by Gasteiger charge is -2.43. The van der Waals surface area contributed by atoms with E-state index in [1.165, 1.54) is 19.0 Å². The van der Waals surface area contributed by atoms with Crippen LogP contribution in [0.3, 0.4) is 0 Å². The Hall–Kier alpha value is -1.22. The van der Waals surface area contributed by atoms with Crippen LogP contribution in [-0.4, -0.2) is 81.8 Å². The third-order valence-corrected chi connectivity index (χ3v) is 3.88. The summed E-state index contributed by atoms with van der Waals surface area (Å²) in [6, 6.07) is -1.25. The van der Waals surface area contributed by atoms with E-state index in [4.69, 9.17) is 4.74 Å². The Bertz CT molecular complexity index is 381. The number of amides is 3. The second kappa shape index (κ2) is 4.71. The summed E-state index contributed by atoms with van der Waals surface area (Å²) in [5.74, 6) is -0.996. The number of carbonyl (C=O) groups is 2. The molecule has 2 aliphatic heterocycles. The lowest BCUT2D eigenvalue weighted by molar-refractivity contribution is -0.154. The highest BCUT2D eigenvalue weighted by molar-refractivity contribution is 5.98. The van der Waals surface area contributed by atoms with Crippen molar-refractivity contribution in [1.82, 2.24) is 9.80 Å². The molecule has 0 bridgehead atoms. The number of carbonyl (C=O) groups excluding carboxylic acids is 2. The number of hydrogen-bond acceptors (Lipinski definition) is 6. The molecule has 0 aromatic heterocycles. The Labute approximate surface area is 110 Å². The zero-order valence-corrected chi connectivity index (χ0v) is 10.9. The van der Waals surface area contributed by atoms with Crippen LogP contribution in [0.2, 0.25) is 0 Å². The molecule has 0 radical (unpaired) electrons. The fraction of sp³-hybridized carbons (Fsp3) is 0.818. The first-order valence-electron chi connectivity index (χ1n) is 6.01. The van der Waals surface area contributed by atoms with Gasteiger partial charge in [0.2, 0.25) is 5.91 Å². The predicted molar refractivity (Wildman–Crippen MR) is 61.8 cm³/mol. The van der Waals surface area contributed by atoms with Crippen molar-refractivity contribution in [3.05, 3.63) is 0 Å². The SMILES string of the molecule is CC1C(=O)N(C)C(=O)N(C)C1[C@H]1O[C@@H](O)C(O)[C@H]1O. The fourth-order valence-corrected chi connectivity index (χ4v) is 2.72. The monoisotopic (exact) mass is 274 g/mol. The Kier molecular flexibility index (Phi) is 3.52. The van der Waals surface area contributed by atoms with Crippen LogP contribution in [-0.2, 0) is 9.53 Å². The summed E-state index contributed by atoms with van der Waals surface area (Å²) < 4.78 is 5.09. The summed E-state index contributed by atoms with van der Waals surface area (Å²) in [7, 11) is 2.86. The van der Waals surface area contributed by atoms with Crippen LogP contribution in [0.5, 0.6) is 0 Å². The van der Waals surface area contributed by atoms with Gasteiger partial charge < -0.3 is 25.0 Å². The smallest absolute Gasteiger partial charge is 0.326 e. The number of aliphatic hydroxyl groups excluding tert-OH is 3. The van der Waals surface area contributed by atoms with Crippen molar-refractivity contribution in [3.63, 3.8) is 0 Å². The molecule has 2 saturated heterocycles. The zero-order valence-electron chi connectivity index (χ0n) is 10.9. The first kappa shape index (κ1) is 14.2. The molecule has 3 N–H and O–H groups in total. The molecule has 0 aromatic rings. The van der Waals surface area contributed by atoms with E-state index in [-0.39, 0.29) is 5.91 Å². The molecule has 2 aliphatic rings. The van der Waals surface area contributed by atoms with E-state index < -0.39 is 42.6 Å². The number of rotatable bonds is 1. The second-order valence-electron chi connectivity index (χ2n) is 5.04. The Morgan fingerprint density at radius 3 is 2.16 bits per heavy atom. The average Bonchev–Trinajstić information content (AvgIpc) is 2.62. The van der Waals surface area contributed by atoms with Crippen molar-refractivity contribution < 1.29 is 29.6 Å². The molecule has 0 saturated carbocycles. The number of nitrogens with zero attached hydrogens (tertiary/aromatic N) is 2. The molecule has 108 valence electrons. The molecule has 0 aliphatic carbocycles. The third-order valence-electron chi connectivity index (χ3n) is 3.88. The number of imide groups is 1. The molecular weight excluding hydrogens is 256 g/mol. The van der Waals surface area contributed by atoms with Crippen molar-refractivity contribution in [2.24, 2.45) is 5.92 Å². The summed E-state index contributed by atoms with van der Waals surface area (Å²) >= 11 is 0. The van der Waals surface area contributed by atoms with Crippen molar-refractivity contribution in [2.45, 2.75) is 37.6 Å². The van der Waals surface area contributed by atoms with E-state index in [2.05, 4.69) is 0 Å². The molecule has 6 atom stereocenters. The predicted octanol–water partition coefficient (Wildman–Crippen LogP) is -2.05. The maximum atomic E-state index is 11.9. The van der Waals surface area contributed by atoms with Crippen molar-refractivity contribution in [2.75, 3.05) is 14.1 Å². The quantitative estimate of drug-likeness (QED) is 0.508. The van der Waals surface area contributed by atoms with Crippen LogP contribution in [0.1, 0.15) is 6.92 Å². The van der Waals surface area contributed by atoms with Gasteiger partial charge in [-0.15, -0.1) is 0 Å². The number of likely N-dealkylation sites (N-methyl/N-ethyl adjacent to an activating group) is 1. The number of aliphatic hydroxyl groups is 3. The van der Waals surface area contributed by atoms with Crippen molar-refractivity contribution in [1.29, 1.82) is 0 Å². The summed E-state index contributed by atoms with van der Waals surface area (Å²) in [6.07, 6.45) is -5.33. The highest BCUT2D eigenvalue weighted by atomic mass is 16.6. The molecule has 3 unspecified atom stereocenters. The zero-order chi connectivity index (χ0) is 14.5. The molecule has 0 aromatic carbocycles. The van der Waals surface area contributed by atoms with Crippen LogP contribution in [0, 0.1) is 5.92 Å². The molecule has 2 heterocycles. The minimum atomic E-state index is -1.52. The van der Waals surface area contributed by atoms with Gasteiger partial charge in [-0.1, -0.05) is 6.92 Å². The normalized spacial score (nSPS) is 44.1. The number of ether oxygens (including phenoxy) is 1. The van der Waals surface area contributed by atoms with Crippen LogP contribution in [0.25, 0.3) is 0 Å². The van der Waals surface area contributed by atoms with Crippen LogP contribution < -0.4 is 0 Å². The molecule has 2 fully saturated rings. The largest absolute Gasteiger partial charge is 0.387 e. The van der Waals surface area contributed by atoms with Crippen molar-refractivity contribution >= 4 is 11.9 Å². The topological polar surface area (TPSA) is 111 Å². The van der Waals surface area contributed by atoms with Crippen LogP contribution in [0.4, 0.5) is 4.79 Å². The van der Waals surface area contributed by atoms with E-state index in [0.29, 0.717) is 0 Å². The highest BCUT2D eigenvalue weighted by Crippen LogP contribution is 2.31. The van der Waals surface area contributed by atoms with Gasteiger partial charge in [0, 0.05) is 14.1 Å². The van der Waals surface area contributed by atoms with E-state index in [9.17, 15) is 24.9 Å². The van der Waals surface area contributed by atoms with E-state index in [0.717, 1.165) is 4.90 Å². The van der Waals surface area contributed by atoms with E-state index in [1.807, 2.05) is 0 Å². The summed E-state index contributed by atoms with van der Waals surface area (Å²) in [5, 5.41) is 28.8. The Balaban J connectivity index is 2.28.